The number of amides is 1. The molecular formula is C12H16N2O3. The van der Waals surface area contributed by atoms with Gasteiger partial charge in [-0.2, -0.15) is 0 Å². The maximum absolute atomic E-state index is 11.6. The van der Waals surface area contributed by atoms with Crippen LogP contribution in [0.25, 0.3) is 0 Å². The first-order valence-electron chi connectivity index (χ1n) is 5.45. The molecule has 1 aromatic carbocycles. The van der Waals surface area contributed by atoms with E-state index in [1.807, 2.05) is 13.8 Å². The van der Waals surface area contributed by atoms with Crippen LogP contribution >= 0.6 is 0 Å². The van der Waals surface area contributed by atoms with Crippen LogP contribution in [0.3, 0.4) is 0 Å². The lowest BCUT2D eigenvalue weighted by atomic mass is 10.1. The summed E-state index contributed by atoms with van der Waals surface area (Å²) in [6.45, 7) is 5.52. The average Bonchev–Trinajstić information content (AvgIpc) is 2.19. The number of rotatable bonds is 4. The van der Waals surface area contributed by atoms with Crippen LogP contribution in [0.1, 0.15) is 25.8 Å². The van der Waals surface area contributed by atoms with Crippen molar-refractivity contribution in [3.63, 3.8) is 0 Å². The second-order valence-electron chi connectivity index (χ2n) is 4.35. The Morgan fingerprint density at radius 1 is 1.47 bits per heavy atom. The monoisotopic (exact) mass is 236 g/mol. The molecule has 1 aromatic rings. The minimum atomic E-state index is -0.451. The topological polar surface area (TPSA) is 72.2 Å². The second-order valence-corrected chi connectivity index (χ2v) is 4.35. The lowest BCUT2D eigenvalue weighted by molar-refractivity contribution is -0.385. The summed E-state index contributed by atoms with van der Waals surface area (Å²) in [5.74, 6) is 0.137. The molecule has 1 N–H and O–H groups in total. The Hall–Kier alpha value is -1.91. The molecule has 0 spiro atoms. The van der Waals surface area contributed by atoms with E-state index in [-0.39, 0.29) is 17.5 Å². The smallest absolute Gasteiger partial charge is 0.274 e. The van der Waals surface area contributed by atoms with Crippen LogP contribution in [0, 0.1) is 23.0 Å². The highest BCUT2D eigenvalue weighted by Crippen LogP contribution is 2.25. The van der Waals surface area contributed by atoms with Gasteiger partial charge in [-0.05, 0) is 18.9 Å². The number of nitrogens with one attached hydrogen (secondary N) is 1. The number of nitrogens with zero attached hydrogens (tertiary/aromatic N) is 1. The molecule has 0 unspecified atom stereocenters. The van der Waals surface area contributed by atoms with E-state index < -0.39 is 4.92 Å². The highest BCUT2D eigenvalue weighted by atomic mass is 16.6. The van der Waals surface area contributed by atoms with Crippen molar-refractivity contribution in [2.24, 2.45) is 5.92 Å². The molecule has 1 rings (SSSR count). The molecule has 0 bridgehead atoms. The van der Waals surface area contributed by atoms with E-state index in [1.54, 1.807) is 19.1 Å². The molecule has 1 amide bonds. The number of carbonyl (C=O) groups is 1. The van der Waals surface area contributed by atoms with E-state index in [1.165, 1.54) is 6.07 Å². The van der Waals surface area contributed by atoms with Gasteiger partial charge in [-0.15, -0.1) is 0 Å². The molecule has 5 heteroatoms. The highest BCUT2D eigenvalue weighted by molar-refractivity contribution is 5.92. The van der Waals surface area contributed by atoms with Crippen molar-refractivity contribution in [2.45, 2.75) is 27.2 Å². The predicted molar refractivity (Wildman–Crippen MR) is 65.9 cm³/mol. The van der Waals surface area contributed by atoms with Gasteiger partial charge in [0.25, 0.3) is 5.69 Å². The third kappa shape index (κ3) is 3.55. The van der Waals surface area contributed by atoms with Gasteiger partial charge < -0.3 is 5.32 Å². The van der Waals surface area contributed by atoms with Crippen LogP contribution in [0.5, 0.6) is 0 Å². The van der Waals surface area contributed by atoms with Crippen LogP contribution in [-0.4, -0.2) is 10.8 Å². The van der Waals surface area contributed by atoms with Crippen LogP contribution in [0.2, 0.25) is 0 Å². The summed E-state index contributed by atoms with van der Waals surface area (Å²) in [4.78, 5) is 21.9. The maximum Gasteiger partial charge on any atom is 0.274 e. The summed E-state index contributed by atoms with van der Waals surface area (Å²) in [5.41, 5.74) is 1.01. The van der Waals surface area contributed by atoms with Crippen LogP contribution in [-0.2, 0) is 4.79 Å². The molecule has 0 atom stereocenters. The molecule has 17 heavy (non-hydrogen) atoms. The van der Waals surface area contributed by atoms with Gasteiger partial charge in [0.15, 0.2) is 0 Å². The summed E-state index contributed by atoms with van der Waals surface area (Å²) < 4.78 is 0. The lowest BCUT2D eigenvalue weighted by Gasteiger charge is -2.09. The van der Waals surface area contributed by atoms with E-state index in [4.69, 9.17) is 0 Å². The maximum atomic E-state index is 11.6. The number of hydrogen-bond donors (Lipinski definition) is 1. The van der Waals surface area contributed by atoms with E-state index in [0.29, 0.717) is 17.7 Å². The molecule has 0 heterocycles. The molecule has 92 valence electrons. The Bertz CT molecular complexity index is 441. The predicted octanol–water partition coefficient (Wildman–Crippen LogP) is 2.89. The first kappa shape index (κ1) is 13.2. The van der Waals surface area contributed by atoms with Crippen molar-refractivity contribution in [1.29, 1.82) is 0 Å². The molecule has 0 fully saturated rings. The zero-order valence-electron chi connectivity index (χ0n) is 10.2. The fourth-order valence-corrected chi connectivity index (χ4v) is 1.53. The number of anilines is 1. The Labute approximate surface area is 100.0 Å². The largest absolute Gasteiger partial charge is 0.326 e. The molecule has 0 saturated carbocycles. The summed E-state index contributed by atoms with van der Waals surface area (Å²) >= 11 is 0. The molecule has 0 aromatic heterocycles. The highest BCUT2D eigenvalue weighted by Gasteiger charge is 2.14. The van der Waals surface area contributed by atoms with E-state index in [9.17, 15) is 14.9 Å². The second kappa shape index (κ2) is 5.43. The van der Waals surface area contributed by atoms with Crippen molar-refractivity contribution < 1.29 is 9.72 Å². The van der Waals surface area contributed by atoms with Gasteiger partial charge >= 0.3 is 0 Å². The van der Waals surface area contributed by atoms with Crippen molar-refractivity contribution >= 4 is 17.3 Å². The summed E-state index contributed by atoms with van der Waals surface area (Å²) in [6.07, 6.45) is 0.405. The van der Waals surface area contributed by atoms with E-state index in [0.717, 1.165) is 0 Å². The normalized spacial score (nSPS) is 10.4. The average molecular weight is 236 g/mol. The van der Waals surface area contributed by atoms with Crippen molar-refractivity contribution in [2.75, 3.05) is 5.32 Å². The minimum absolute atomic E-state index is 0.0207. The Morgan fingerprint density at radius 2 is 2.12 bits per heavy atom. The number of carbonyl (C=O) groups excluding carboxylic acids is 1. The third-order valence-corrected chi connectivity index (χ3v) is 2.37. The van der Waals surface area contributed by atoms with Crippen LogP contribution in [0.15, 0.2) is 18.2 Å². The molecule has 0 saturated heterocycles. The van der Waals surface area contributed by atoms with Gasteiger partial charge in [0.2, 0.25) is 5.91 Å². The van der Waals surface area contributed by atoms with Crippen LogP contribution < -0.4 is 5.32 Å². The first-order valence-corrected chi connectivity index (χ1v) is 5.45. The molecule has 5 nitrogen and oxygen atoms in total. The molecule has 0 aliphatic rings. The van der Waals surface area contributed by atoms with E-state index in [2.05, 4.69) is 5.32 Å². The van der Waals surface area contributed by atoms with Crippen molar-refractivity contribution in [3.05, 3.63) is 33.9 Å². The van der Waals surface area contributed by atoms with Gasteiger partial charge in [0, 0.05) is 12.5 Å². The van der Waals surface area contributed by atoms with E-state index >= 15 is 0 Å². The first-order chi connectivity index (χ1) is 7.91. The van der Waals surface area contributed by atoms with Crippen LogP contribution in [0.4, 0.5) is 11.4 Å². The SMILES string of the molecule is Cc1c(NC(=O)CC(C)C)cccc1[N+](=O)[O-]. The molecule has 0 radical (unpaired) electrons. The summed E-state index contributed by atoms with van der Waals surface area (Å²) in [5, 5.41) is 13.4. The number of nitro groups is 1. The summed E-state index contributed by atoms with van der Waals surface area (Å²) in [6, 6.07) is 4.66. The van der Waals surface area contributed by atoms with Gasteiger partial charge in [-0.3, -0.25) is 14.9 Å². The van der Waals surface area contributed by atoms with Crippen molar-refractivity contribution in [1.82, 2.24) is 0 Å². The fourth-order valence-electron chi connectivity index (χ4n) is 1.53. The van der Waals surface area contributed by atoms with Gasteiger partial charge in [-0.1, -0.05) is 19.9 Å². The third-order valence-electron chi connectivity index (χ3n) is 2.37. The standard InChI is InChI=1S/C12H16N2O3/c1-8(2)7-12(15)13-10-5-4-6-11(9(10)3)14(16)17/h4-6,8H,7H2,1-3H3,(H,13,15). The number of benzene rings is 1. The Morgan fingerprint density at radius 3 is 2.65 bits per heavy atom. The number of nitro benzene ring substituents is 1. The quantitative estimate of drug-likeness (QED) is 0.645. The molecule has 0 aliphatic heterocycles. The Kier molecular flexibility index (Phi) is 4.20. The van der Waals surface area contributed by atoms with Gasteiger partial charge in [-0.25, -0.2) is 0 Å². The van der Waals surface area contributed by atoms with Gasteiger partial charge in [0.1, 0.15) is 0 Å². The van der Waals surface area contributed by atoms with Crippen molar-refractivity contribution in [3.8, 4) is 0 Å². The molecule has 0 aliphatic carbocycles. The lowest BCUT2D eigenvalue weighted by Crippen LogP contribution is -2.14. The Balaban J connectivity index is 2.89. The summed E-state index contributed by atoms with van der Waals surface area (Å²) in [7, 11) is 0. The zero-order chi connectivity index (χ0) is 13.0. The fraction of sp³-hybridized carbons (Fsp3) is 0.417. The number of hydrogen-bond acceptors (Lipinski definition) is 3. The zero-order valence-corrected chi connectivity index (χ0v) is 10.2. The minimum Gasteiger partial charge on any atom is -0.326 e. The van der Waals surface area contributed by atoms with Gasteiger partial charge in [0.05, 0.1) is 16.2 Å². The molecular weight excluding hydrogens is 220 g/mol.